The molecule has 18 heavy (non-hydrogen) atoms. The van der Waals surface area contributed by atoms with Gasteiger partial charge in [0.1, 0.15) is 0 Å². The third-order valence-corrected chi connectivity index (χ3v) is 2.63. The monoisotopic (exact) mass is 241 g/mol. The van der Waals surface area contributed by atoms with Gasteiger partial charge in [0.05, 0.1) is 5.56 Å². The highest BCUT2D eigenvalue weighted by Gasteiger charge is 2.12. The van der Waals surface area contributed by atoms with Crippen molar-refractivity contribution in [2.24, 2.45) is 0 Å². The molecule has 2 rings (SSSR count). The van der Waals surface area contributed by atoms with E-state index in [4.69, 9.17) is 5.11 Å². The van der Waals surface area contributed by atoms with E-state index in [2.05, 4.69) is 4.98 Å². The Kier molecular flexibility index (Phi) is 3.19. The molecule has 0 saturated heterocycles. The molecule has 0 aliphatic rings. The second-order valence-electron chi connectivity index (χ2n) is 3.86. The van der Waals surface area contributed by atoms with Crippen LogP contribution in [0.4, 0.5) is 0 Å². The van der Waals surface area contributed by atoms with E-state index >= 15 is 0 Å². The number of carbonyl (C=O) groups is 2. The first-order valence-electron chi connectivity index (χ1n) is 5.38. The minimum Gasteiger partial charge on any atom is -0.478 e. The van der Waals surface area contributed by atoms with Gasteiger partial charge in [0.2, 0.25) is 0 Å². The summed E-state index contributed by atoms with van der Waals surface area (Å²) in [4.78, 5) is 26.4. The summed E-state index contributed by atoms with van der Waals surface area (Å²) in [7, 11) is 0. The number of pyridine rings is 1. The number of benzene rings is 1. The maximum atomic E-state index is 11.3. The van der Waals surface area contributed by atoms with Gasteiger partial charge in [0, 0.05) is 23.5 Å². The summed E-state index contributed by atoms with van der Waals surface area (Å²) in [5.74, 6) is -1.07. The van der Waals surface area contributed by atoms with E-state index in [0.29, 0.717) is 16.7 Å². The molecule has 0 aliphatic carbocycles. The van der Waals surface area contributed by atoms with Crippen molar-refractivity contribution in [2.75, 3.05) is 0 Å². The van der Waals surface area contributed by atoms with E-state index < -0.39 is 5.97 Å². The van der Waals surface area contributed by atoms with Crippen LogP contribution in [0, 0.1) is 0 Å². The highest BCUT2D eigenvalue weighted by atomic mass is 16.4. The Morgan fingerprint density at radius 1 is 1.22 bits per heavy atom. The van der Waals surface area contributed by atoms with E-state index in [0.717, 1.165) is 0 Å². The Bertz CT molecular complexity index is 620. The van der Waals surface area contributed by atoms with Crippen LogP contribution in [-0.2, 0) is 0 Å². The van der Waals surface area contributed by atoms with Gasteiger partial charge in [-0.15, -0.1) is 0 Å². The van der Waals surface area contributed by atoms with Crippen LogP contribution in [-0.4, -0.2) is 21.8 Å². The van der Waals surface area contributed by atoms with Crippen molar-refractivity contribution in [1.29, 1.82) is 0 Å². The van der Waals surface area contributed by atoms with Gasteiger partial charge in [0.15, 0.2) is 5.78 Å². The van der Waals surface area contributed by atoms with Crippen LogP contribution in [0.15, 0.2) is 42.7 Å². The van der Waals surface area contributed by atoms with Gasteiger partial charge in [-0.25, -0.2) is 4.79 Å². The van der Waals surface area contributed by atoms with E-state index in [9.17, 15) is 9.59 Å². The van der Waals surface area contributed by atoms with Gasteiger partial charge in [-0.2, -0.15) is 0 Å². The lowest BCUT2D eigenvalue weighted by Crippen LogP contribution is -2.00. The fourth-order valence-corrected chi connectivity index (χ4v) is 1.72. The minimum atomic E-state index is -1.01. The first-order chi connectivity index (χ1) is 8.59. The summed E-state index contributed by atoms with van der Waals surface area (Å²) in [6, 6.07) is 8.30. The van der Waals surface area contributed by atoms with Crippen LogP contribution in [0.25, 0.3) is 11.1 Å². The normalized spacial score (nSPS) is 10.1. The Morgan fingerprint density at radius 2 is 2.00 bits per heavy atom. The second-order valence-corrected chi connectivity index (χ2v) is 3.86. The molecule has 1 aromatic heterocycles. The summed E-state index contributed by atoms with van der Waals surface area (Å²) >= 11 is 0. The number of ketones is 1. The molecule has 0 atom stereocenters. The van der Waals surface area contributed by atoms with Gasteiger partial charge in [-0.3, -0.25) is 9.78 Å². The summed E-state index contributed by atoms with van der Waals surface area (Å²) < 4.78 is 0. The second kappa shape index (κ2) is 4.79. The fourth-order valence-electron chi connectivity index (χ4n) is 1.72. The highest BCUT2D eigenvalue weighted by Crippen LogP contribution is 2.23. The number of nitrogens with zero attached hydrogens (tertiary/aromatic N) is 1. The molecule has 1 heterocycles. The first kappa shape index (κ1) is 12.0. The number of carboxylic acids is 1. The molecule has 2 aromatic rings. The predicted molar refractivity (Wildman–Crippen MR) is 66.6 cm³/mol. The molecule has 90 valence electrons. The van der Waals surface area contributed by atoms with Gasteiger partial charge in [-0.05, 0) is 24.6 Å². The molecule has 0 fully saturated rings. The Labute approximate surface area is 104 Å². The molecule has 0 spiro atoms. The van der Waals surface area contributed by atoms with Crippen molar-refractivity contribution in [1.82, 2.24) is 4.98 Å². The quantitative estimate of drug-likeness (QED) is 0.839. The van der Waals surface area contributed by atoms with E-state index in [1.54, 1.807) is 24.3 Å². The van der Waals surface area contributed by atoms with Crippen LogP contribution >= 0.6 is 0 Å². The van der Waals surface area contributed by atoms with Crippen molar-refractivity contribution in [3.05, 3.63) is 53.9 Å². The average Bonchev–Trinajstić information content (AvgIpc) is 2.39. The van der Waals surface area contributed by atoms with Crippen LogP contribution in [0.5, 0.6) is 0 Å². The molecule has 0 radical (unpaired) electrons. The van der Waals surface area contributed by atoms with Gasteiger partial charge in [0.25, 0.3) is 0 Å². The lowest BCUT2D eigenvalue weighted by molar-refractivity contribution is 0.0697. The van der Waals surface area contributed by atoms with Gasteiger partial charge in [-0.1, -0.05) is 18.2 Å². The minimum absolute atomic E-state index is 0.0578. The molecule has 0 saturated carbocycles. The predicted octanol–water partition coefficient (Wildman–Crippen LogP) is 2.65. The SMILES string of the molecule is CC(=O)c1cccc(-c2cnccc2C(=O)O)c1. The average molecular weight is 241 g/mol. The number of hydrogen-bond acceptors (Lipinski definition) is 3. The van der Waals surface area contributed by atoms with Crippen LogP contribution in [0.3, 0.4) is 0 Å². The lowest BCUT2D eigenvalue weighted by atomic mass is 9.99. The molecule has 0 bridgehead atoms. The lowest BCUT2D eigenvalue weighted by Gasteiger charge is -2.06. The van der Waals surface area contributed by atoms with Crippen LogP contribution in [0.1, 0.15) is 27.6 Å². The molecular weight excluding hydrogens is 230 g/mol. The summed E-state index contributed by atoms with van der Waals surface area (Å²) in [6.07, 6.45) is 2.92. The molecule has 0 unspecified atom stereocenters. The Morgan fingerprint density at radius 3 is 2.67 bits per heavy atom. The zero-order valence-electron chi connectivity index (χ0n) is 9.75. The highest BCUT2D eigenvalue weighted by molar-refractivity contribution is 5.98. The maximum Gasteiger partial charge on any atom is 0.336 e. The molecule has 1 aromatic carbocycles. The molecule has 0 aliphatic heterocycles. The van der Waals surface area contributed by atoms with E-state index in [1.807, 2.05) is 0 Å². The van der Waals surface area contributed by atoms with Crippen LogP contribution < -0.4 is 0 Å². The Balaban J connectivity index is 2.58. The zero-order valence-corrected chi connectivity index (χ0v) is 9.75. The molecule has 1 N–H and O–H groups in total. The van der Waals surface area contributed by atoms with Gasteiger partial charge < -0.3 is 5.11 Å². The van der Waals surface area contributed by atoms with Crippen molar-refractivity contribution >= 4 is 11.8 Å². The van der Waals surface area contributed by atoms with E-state index in [1.165, 1.54) is 25.4 Å². The molecule has 4 heteroatoms. The largest absolute Gasteiger partial charge is 0.478 e. The topological polar surface area (TPSA) is 67.3 Å². The number of Topliss-reactive ketones (excluding diaryl/α,β-unsaturated/α-hetero) is 1. The van der Waals surface area contributed by atoms with Crippen molar-refractivity contribution in [3.8, 4) is 11.1 Å². The number of aromatic carboxylic acids is 1. The third-order valence-electron chi connectivity index (χ3n) is 2.63. The summed E-state index contributed by atoms with van der Waals surface area (Å²) in [6.45, 7) is 1.47. The first-order valence-corrected chi connectivity index (χ1v) is 5.38. The maximum absolute atomic E-state index is 11.3. The van der Waals surface area contributed by atoms with Crippen LogP contribution in [0.2, 0.25) is 0 Å². The number of carboxylic acid groups (broad SMARTS) is 1. The number of aromatic nitrogens is 1. The standard InChI is InChI=1S/C14H11NO3/c1-9(16)10-3-2-4-11(7-10)13-8-15-6-5-12(13)14(17)18/h2-8H,1H3,(H,17,18). The Hall–Kier alpha value is -2.49. The molecular formula is C14H11NO3. The third kappa shape index (κ3) is 2.27. The zero-order chi connectivity index (χ0) is 13.1. The number of rotatable bonds is 3. The summed E-state index contributed by atoms with van der Waals surface area (Å²) in [5.41, 5.74) is 1.90. The smallest absolute Gasteiger partial charge is 0.336 e. The molecule has 4 nitrogen and oxygen atoms in total. The molecule has 0 amide bonds. The van der Waals surface area contributed by atoms with Gasteiger partial charge >= 0.3 is 5.97 Å². The number of carbonyl (C=O) groups excluding carboxylic acids is 1. The van der Waals surface area contributed by atoms with Crippen molar-refractivity contribution in [3.63, 3.8) is 0 Å². The van der Waals surface area contributed by atoms with Crippen molar-refractivity contribution in [2.45, 2.75) is 6.92 Å². The fraction of sp³-hybridized carbons (Fsp3) is 0.0714. The summed E-state index contributed by atoms with van der Waals surface area (Å²) in [5, 5.41) is 9.11. The van der Waals surface area contributed by atoms with Crippen molar-refractivity contribution < 1.29 is 14.7 Å². The number of hydrogen-bond donors (Lipinski definition) is 1. The van der Waals surface area contributed by atoms with E-state index in [-0.39, 0.29) is 11.3 Å².